The van der Waals surface area contributed by atoms with Gasteiger partial charge in [0.05, 0.1) is 30.9 Å². The average Bonchev–Trinajstić information content (AvgIpc) is 2.91. The van der Waals surface area contributed by atoms with Crippen LogP contribution in [0.5, 0.6) is 11.5 Å². The second kappa shape index (κ2) is 9.69. The summed E-state index contributed by atoms with van der Waals surface area (Å²) in [4.78, 5) is 17.5. The highest BCUT2D eigenvalue weighted by atomic mass is 16.5. The zero-order valence-electron chi connectivity index (χ0n) is 19.5. The van der Waals surface area contributed by atoms with Gasteiger partial charge in [0.15, 0.2) is 17.3 Å². The highest BCUT2D eigenvalue weighted by Crippen LogP contribution is 2.33. The molecule has 5 heteroatoms. The molecule has 0 bridgehead atoms. The molecule has 0 unspecified atom stereocenters. The lowest BCUT2D eigenvalue weighted by Crippen LogP contribution is -1.97. The van der Waals surface area contributed by atoms with Crippen LogP contribution in [0, 0.1) is 0 Å². The third kappa shape index (κ3) is 4.57. The van der Waals surface area contributed by atoms with Crippen LogP contribution >= 0.6 is 0 Å². The Balaban J connectivity index is 1.38. The first-order chi connectivity index (χ1) is 17.2. The normalized spacial score (nSPS) is 11.1. The van der Waals surface area contributed by atoms with E-state index in [1.54, 1.807) is 26.4 Å². The molecule has 0 amide bonds. The number of hydrogen-bond acceptors (Lipinski definition) is 5. The van der Waals surface area contributed by atoms with Gasteiger partial charge in [0.25, 0.3) is 0 Å². The summed E-state index contributed by atoms with van der Waals surface area (Å²) >= 11 is 0. The molecule has 0 aliphatic carbocycles. The molecule has 0 aliphatic heterocycles. The maximum Gasteiger partial charge on any atom is 0.185 e. The number of aromatic nitrogens is 1. The molecule has 35 heavy (non-hydrogen) atoms. The van der Waals surface area contributed by atoms with Crippen molar-refractivity contribution in [3.05, 3.63) is 108 Å². The number of para-hydroxylation sites is 2. The van der Waals surface area contributed by atoms with Gasteiger partial charge in [-0.2, -0.15) is 0 Å². The van der Waals surface area contributed by atoms with E-state index in [0.29, 0.717) is 17.1 Å². The monoisotopic (exact) mass is 460 g/mol. The molecule has 1 aromatic heterocycles. The fourth-order valence-corrected chi connectivity index (χ4v) is 4.06. The fraction of sp³-hybridized carbons (Fsp3) is 0.0667. The van der Waals surface area contributed by atoms with Gasteiger partial charge in [0.1, 0.15) is 0 Å². The lowest BCUT2D eigenvalue weighted by molar-refractivity contribution is 0.104. The number of methoxy groups -OCH3 is 2. The molecule has 0 aliphatic rings. The molecule has 0 saturated carbocycles. The number of nitrogens with zero attached hydrogens (tertiary/aromatic N) is 1. The first-order valence-corrected chi connectivity index (χ1v) is 11.3. The number of nitrogens with one attached hydrogen (secondary N) is 1. The number of benzene rings is 4. The number of ketones is 1. The minimum absolute atomic E-state index is 0.0776. The van der Waals surface area contributed by atoms with E-state index >= 15 is 0 Å². The van der Waals surface area contributed by atoms with Gasteiger partial charge in [-0.05, 0) is 60.2 Å². The van der Waals surface area contributed by atoms with Crippen LogP contribution in [0.1, 0.15) is 15.9 Å². The average molecular weight is 461 g/mol. The van der Waals surface area contributed by atoms with E-state index in [9.17, 15) is 4.79 Å². The molecule has 1 N–H and O–H groups in total. The van der Waals surface area contributed by atoms with Crippen LogP contribution in [-0.4, -0.2) is 25.0 Å². The number of hydrogen-bond donors (Lipinski definition) is 1. The highest BCUT2D eigenvalue weighted by molar-refractivity contribution is 6.09. The summed E-state index contributed by atoms with van der Waals surface area (Å²) in [5, 5.41) is 5.63. The zero-order chi connectivity index (χ0) is 24.2. The summed E-state index contributed by atoms with van der Waals surface area (Å²) < 4.78 is 10.6. The van der Waals surface area contributed by atoms with Crippen LogP contribution in [0.25, 0.3) is 27.9 Å². The molecule has 0 atom stereocenters. The lowest BCUT2D eigenvalue weighted by atomic mass is 10.1. The Morgan fingerprint density at radius 3 is 2.03 bits per heavy atom. The number of fused-ring (bicyclic) bond motifs is 2. The molecular weight excluding hydrogens is 436 g/mol. The van der Waals surface area contributed by atoms with Crippen LogP contribution in [0.3, 0.4) is 0 Å². The largest absolute Gasteiger partial charge is 0.493 e. The minimum Gasteiger partial charge on any atom is -0.493 e. The summed E-state index contributed by atoms with van der Waals surface area (Å²) in [6.45, 7) is 0. The van der Waals surface area contributed by atoms with E-state index in [1.165, 1.54) is 0 Å². The Morgan fingerprint density at radius 1 is 0.771 bits per heavy atom. The molecular formula is C30H24N2O3. The molecule has 5 aromatic rings. The van der Waals surface area contributed by atoms with Gasteiger partial charge in [-0.15, -0.1) is 0 Å². The second-order valence-electron chi connectivity index (χ2n) is 8.04. The molecule has 172 valence electrons. The highest BCUT2D eigenvalue weighted by Gasteiger charge is 2.10. The van der Waals surface area contributed by atoms with E-state index in [-0.39, 0.29) is 5.78 Å². The molecule has 4 aromatic carbocycles. The van der Waals surface area contributed by atoms with Gasteiger partial charge in [-0.1, -0.05) is 48.5 Å². The van der Waals surface area contributed by atoms with Crippen molar-refractivity contribution in [3.8, 4) is 11.5 Å². The van der Waals surface area contributed by atoms with Crippen LogP contribution in [0.2, 0.25) is 0 Å². The Labute approximate surface area is 203 Å². The summed E-state index contributed by atoms with van der Waals surface area (Å²) in [6.07, 6.45) is 3.33. The van der Waals surface area contributed by atoms with Gasteiger partial charge < -0.3 is 14.8 Å². The predicted molar refractivity (Wildman–Crippen MR) is 142 cm³/mol. The van der Waals surface area contributed by atoms with Crippen molar-refractivity contribution >= 4 is 45.0 Å². The van der Waals surface area contributed by atoms with E-state index in [1.807, 2.05) is 78.9 Å². The van der Waals surface area contributed by atoms with E-state index in [4.69, 9.17) is 14.5 Å². The number of rotatable bonds is 7. The SMILES string of the molecule is COc1ccc(/C=C/C(=O)c2ccc(Nc3c4ccccc4nc4ccccc34)cc2)cc1OC. The van der Waals surface area contributed by atoms with Gasteiger partial charge in [-0.3, -0.25) is 4.79 Å². The third-order valence-electron chi connectivity index (χ3n) is 5.86. The van der Waals surface area contributed by atoms with Crippen molar-refractivity contribution in [2.24, 2.45) is 0 Å². The maximum atomic E-state index is 12.7. The molecule has 0 saturated heterocycles. The van der Waals surface area contributed by atoms with E-state index in [0.717, 1.165) is 38.7 Å². The summed E-state index contributed by atoms with van der Waals surface area (Å²) in [5.41, 5.74) is 5.22. The summed E-state index contributed by atoms with van der Waals surface area (Å²) in [5.74, 6) is 1.19. The molecule has 1 heterocycles. The number of ether oxygens (including phenoxy) is 2. The van der Waals surface area contributed by atoms with Gasteiger partial charge in [0.2, 0.25) is 0 Å². The Morgan fingerprint density at radius 2 is 1.40 bits per heavy atom. The molecule has 0 spiro atoms. The Bertz CT molecular complexity index is 1500. The van der Waals surface area contributed by atoms with Gasteiger partial charge >= 0.3 is 0 Å². The predicted octanol–water partition coefficient (Wildman–Crippen LogP) is 7.04. The minimum atomic E-state index is -0.0776. The van der Waals surface area contributed by atoms with E-state index < -0.39 is 0 Å². The second-order valence-corrected chi connectivity index (χ2v) is 8.04. The van der Waals surface area contributed by atoms with Crippen molar-refractivity contribution in [3.63, 3.8) is 0 Å². The smallest absolute Gasteiger partial charge is 0.185 e. The number of pyridine rings is 1. The van der Waals surface area contributed by atoms with Crippen LogP contribution in [0.15, 0.2) is 97.1 Å². The number of anilines is 2. The molecule has 0 radical (unpaired) electrons. The van der Waals surface area contributed by atoms with Crippen LogP contribution in [0.4, 0.5) is 11.4 Å². The Hall–Kier alpha value is -4.64. The summed E-state index contributed by atoms with van der Waals surface area (Å²) in [7, 11) is 3.18. The zero-order valence-corrected chi connectivity index (χ0v) is 19.5. The first-order valence-electron chi connectivity index (χ1n) is 11.3. The molecule has 5 nitrogen and oxygen atoms in total. The Kier molecular flexibility index (Phi) is 6.14. The van der Waals surface area contributed by atoms with Gasteiger partial charge in [-0.25, -0.2) is 4.98 Å². The van der Waals surface area contributed by atoms with Gasteiger partial charge in [0, 0.05) is 22.0 Å². The maximum absolute atomic E-state index is 12.7. The number of carbonyl (C=O) groups is 1. The number of allylic oxidation sites excluding steroid dienone is 1. The van der Waals surface area contributed by atoms with Crippen molar-refractivity contribution in [1.29, 1.82) is 0 Å². The van der Waals surface area contributed by atoms with Crippen LogP contribution in [-0.2, 0) is 0 Å². The van der Waals surface area contributed by atoms with Crippen molar-refractivity contribution in [1.82, 2.24) is 4.98 Å². The summed E-state index contributed by atoms with van der Waals surface area (Å²) in [6, 6.07) is 29.2. The van der Waals surface area contributed by atoms with Crippen LogP contribution < -0.4 is 14.8 Å². The van der Waals surface area contributed by atoms with E-state index in [2.05, 4.69) is 17.4 Å². The van der Waals surface area contributed by atoms with Crippen molar-refractivity contribution in [2.75, 3.05) is 19.5 Å². The number of carbonyl (C=O) groups excluding carboxylic acids is 1. The molecule has 5 rings (SSSR count). The standard InChI is InChI=1S/C30H24N2O3/c1-34-28-18-12-20(19-29(28)35-2)11-17-27(33)21-13-15-22(16-14-21)31-30-23-7-3-5-9-25(23)32-26-10-6-4-8-24(26)30/h3-19H,1-2H3,(H,31,32)/b17-11+. The first kappa shape index (κ1) is 22.2. The third-order valence-corrected chi connectivity index (χ3v) is 5.86. The van der Waals surface area contributed by atoms with Crippen molar-refractivity contribution < 1.29 is 14.3 Å². The van der Waals surface area contributed by atoms with Crippen molar-refractivity contribution in [2.45, 2.75) is 0 Å². The lowest BCUT2D eigenvalue weighted by Gasteiger charge is -2.13. The fourth-order valence-electron chi connectivity index (χ4n) is 4.06. The quantitative estimate of drug-likeness (QED) is 0.160. The molecule has 0 fully saturated rings. The topological polar surface area (TPSA) is 60.5 Å².